The molecule has 3 heterocycles. The Kier molecular flexibility index (Phi) is 24.1. The lowest BCUT2D eigenvalue weighted by atomic mass is 10.0. The van der Waals surface area contributed by atoms with Crippen molar-refractivity contribution in [2.45, 2.75) is 126 Å². The predicted molar refractivity (Wildman–Crippen MR) is 279 cm³/mol. The molecule has 0 saturated carbocycles. The second-order valence-corrected chi connectivity index (χ2v) is 18.2. The third-order valence-corrected chi connectivity index (χ3v) is 12.1. The predicted octanol–water partition coefficient (Wildman–Crippen LogP) is -6.13. The van der Waals surface area contributed by atoms with Gasteiger partial charge in [-0.25, -0.2) is 4.98 Å². The Labute approximate surface area is 442 Å². The molecule has 1 aliphatic rings. The smallest absolute Gasteiger partial charge is 0.245 e. The fourth-order valence-corrected chi connectivity index (χ4v) is 8.03. The van der Waals surface area contributed by atoms with Crippen LogP contribution in [-0.2, 0) is 60.8 Å². The second kappa shape index (κ2) is 30.5. The first-order valence-electron chi connectivity index (χ1n) is 24.8. The molecule has 77 heavy (non-hydrogen) atoms. The first kappa shape index (κ1) is 60.7. The van der Waals surface area contributed by atoms with Crippen molar-refractivity contribution in [3.8, 4) is 0 Å². The SMILES string of the molecule is CC(=O)N[C@H]1CCCCNC(=O)C[C@@H](C(=O)N[C@@H](Cc2cnc[nH]2)C(=O)N[C@@H](CO)C(=O)N[C@@H](CCCN=C(N)N)C(N)=O)NC(=O)[C@H](CCCN=C(N)N)NC(=O)[C@H](C)NC(=O)[C@H](Cc2c[nH]c3ccccc23)NC1=O. The number of aliphatic imine (C=N–C) groups is 2. The van der Waals surface area contributed by atoms with Crippen LogP contribution in [0.5, 0.6) is 0 Å². The van der Waals surface area contributed by atoms with E-state index in [9.17, 15) is 53.1 Å². The van der Waals surface area contributed by atoms with Crippen molar-refractivity contribution in [2.24, 2.45) is 38.7 Å². The zero-order chi connectivity index (χ0) is 56.6. The molecule has 10 amide bonds. The van der Waals surface area contributed by atoms with Crippen molar-refractivity contribution in [3.63, 3.8) is 0 Å². The number of amides is 10. The van der Waals surface area contributed by atoms with E-state index in [1.165, 1.54) is 26.4 Å². The van der Waals surface area contributed by atoms with Gasteiger partial charge in [0, 0.05) is 68.4 Å². The van der Waals surface area contributed by atoms with Gasteiger partial charge in [0.15, 0.2) is 11.9 Å². The molecule has 1 aromatic carbocycles. The van der Waals surface area contributed by atoms with E-state index in [1.807, 2.05) is 18.2 Å². The highest BCUT2D eigenvalue weighted by atomic mass is 16.3. The molecule has 0 unspecified atom stereocenters. The van der Waals surface area contributed by atoms with Gasteiger partial charge in [-0.05, 0) is 63.5 Å². The molecule has 0 bridgehead atoms. The molecule has 4 rings (SSSR count). The second-order valence-electron chi connectivity index (χ2n) is 18.2. The van der Waals surface area contributed by atoms with Gasteiger partial charge in [-0.2, -0.15) is 0 Å². The summed E-state index contributed by atoms with van der Waals surface area (Å²) in [6, 6.07) is -4.25. The molecule has 1 fully saturated rings. The standard InChI is InChI=1S/C47H71N19O11/c1-24-39(71)62-32(13-8-16-56-47(51)52)41(73)65-35(44(76)64-34(18-27-21-53-23-58-27)43(75)66-36(22-67)45(77)61-30(38(48)70)12-7-15-55-46(49)50)19-37(69)54-14-6-5-11-31(60-25(2)68)40(72)63-33(42(74)59-24)17-26-20-57-29-10-4-3-9-28(26)29/h3-4,9-10,20-21,23-24,30-36,57,67H,5-8,11-19,22H2,1-2H3,(H2,48,70)(H,53,58)(H,54,69)(H,59,74)(H,60,68)(H,61,77)(H,62,71)(H,63,72)(H,64,76)(H,65,73)(H,66,75)(H4,49,50,55)(H4,51,52,56)/t24-,30-,31-,32-,33-,34-,35-,36-/m0/s1. The van der Waals surface area contributed by atoms with Crippen LogP contribution in [0.2, 0.25) is 0 Å². The number of carbonyl (C=O) groups is 10. The number of H-pyrrole nitrogens is 2. The lowest BCUT2D eigenvalue weighted by molar-refractivity contribution is -0.137. The number of fused-ring (bicyclic) bond motifs is 1. The number of aliphatic hydroxyl groups excluding tert-OH is 1. The molecule has 8 atom stereocenters. The molecule has 420 valence electrons. The lowest BCUT2D eigenvalue weighted by Crippen LogP contribution is -2.61. The van der Waals surface area contributed by atoms with Crippen molar-refractivity contribution in [3.05, 3.63) is 54.2 Å². The monoisotopic (exact) mass is 1080 g/mol. The first-order valence-corrected chi connectivity index (χ1v) is 24.8. The van der Waals surface area contributed by atoms with E-state index >= 15 is 0 Å². The van der Waals surface area contributed by atoms with E-state index in [0.717, 1.165) is 10.9 Å². The van der Waals surface area contributed by atoms with Gasteiger partial charge in [-0.1, -0.05) is 18.2 Å². The van der Waals surface area contributed by atoms with Gasteiger partial charge < -0.3 is 91.6 Å². The molecule has 1 saturated heterocycles. The maximum Gasteiger partial charge on any atom is 0.245 e. The first-order chi connectivity index (χ1) is 36.6. The van der Waals surface area contributed by atoms with Crippen molar-refractivity contribution in [2.75, 3.05) is 26.2 Å². The van der Waals surface area contributed by atoms with Gasteiger partial charge in [0.1, 0.15) is 48.3 Å². The summed E-state index contributed by atoms with van der Waals surface area (Å²) in [6.45, 7) is 1.67. The van der Waals surface area contributed by atoms with E-state index < -0.39 is 120 Å². The van der Waals surface area contributed by atoms with Crippen LogP contribution in [0.15, 0.2) is 53.0 Å². The third-order valence-electron chi connectivity index (χ3n) is 12.1. The zero-order valence-electron chi connectivity index (χ0n) is 42.8. The van der Waals surface area contributed by atoms with Crippen molar-refractivity contribution in [1.29, 1.82) is 0 Å². The number of nitrogens with one attached hydrogen (secondary N) is 11. The third kappa shape index (κ3) is 20.4. The van der Waals surface area contributed by atoms with Crippen LogP contribution in [-0.4, -0.2) is 166 Å². The number of hydrogen-bond donors (Lipinski definition) is 17. The Balaban J connectivity index is 1.65. The molecule has 0 radical (unpaired) electrons. The number of guanidine groups is 2. The summed E-state index contributed by atoms with van der Waals surface area (Å²) >= 11 is 0. The highest BCUT2D eigenvalue weighted by Crippen LogP contribution is 2.20. The van der Waals surface area contributed by atoms with Gasteiger partial charge in [0.25, 0.3) is 0 Å². The number of carbonyl (C=O) groups excluding carboxylic acids is 10. The van der Waals surface area contributed by atoms with Gasteiger partial charge in [-0.3, -0.25) is 57.9 Å². The van der Waals surface area contributed by atoms with E-state index in [0.29, 0.717) is 11.3 Å². The number of imidazole rings is 1. The Morgan fingerprint density at radius 3 is 2.10 bits per heavy atom. The Morgan fingerprint density at radius 2 is 1.44 bits per heavy atom. The molecule has 3 aromatic rings. The van der Waals surface area contributed by atoms with Gasteiger partial charge in [0.05, 0.1) is 19.4 Å². The number of nitrogens with zero attached hydrogens (tertiary/aromatic N) is 3. The molecular weight excluding hydrogens is 1010 g/mol. The van der Waals surface area contributed by atoms with Crippen molar-refractivity contribution >= 4 is 81.9 Å². The molecule has 2 aromatic heterocycles. The number of benzene rings is 1. The number of rotatable bonds is 21. The topological polar surface area (TPSA) is 498 Å². The maximum absolute atomic E-state index is 14.4. The highest BCUT2D eigenvalue weighted by Gasteiger charge is 2.35. The Bertz CT molecular complexity index is 2600. The Hall–Kier alpha value is -8.83. The molecule has 0 spiro atoms. The van der Waals surface area contributed by atoms with Crippen LogP contribution in [0.25, 0.3) is 10.9 Å². The van der Waals surface area contributed by atoms with Crippen LogP contribution in [0.3, 0.4) is 0 Å². The number of hydrogen-bond acceptors (Lipinski definition) is 14. The zero-order valence-corrected chi connectivity index (χ0v) is 42.8. The quantitative estimate of drug-likeness (QED) is 0.0268. The molecule has 1 aliphatic heterocycles. The number of primary amides is 1. The van der Waals surface area contributed by atoms with Crippen molar-refractivity contribution < 1.29 is 53.1 Å². The minimum atomic E-state index is -1.76. The fourth-order valence-electron chi connectivity index (χ4n) is 8.03. The highest BCUT2D eigenvalue weighted by molar-refractivity contribution is 5.99. The number of aliphatic hydroxyl groups is 1. The number of para-hydroxylation sites is 1. The van der Waals surface area contributed by atoms with E-state index in [2.05, 4.69) is 72.8 Å². The minimum Gasteiger partial charge on any atom is -0.394 e. The van der Waals surface area contributed by atoms with E-state index in [1.54, 1.807) is 12.3 Å². The normalized spacial score (nSPS) is 20.2. The van der Waals surface area contributed by atoms with Crippen LogP contribution < -0.4 is 76.5 Å². The number of aromatic amines is 2. The molecule has 30 heteroatoms. The van der Waals surface area contributed by atoms with Crippen LogP contribution in [0, 0.1) is 0 Å². The van der Waals surface area contributed by atoms with Crippen LogP contribution in [0.4, 0.5) is 0 Å². The summed E-state index contributed by atoms with van der Waals surface area (Å²) in [4.78, 5) is 154. The molecule has 0 aliphatic carbocycles. The van der Waals surface area contributed by atoms with Crippen molar-refractivity contribution in [1.82, 2.24) is 62.8 Å². The number of nitrogens with two attached hydrogens (primary N) is 5. The number of aromatic nitrogens is 3. The summed E-state index contributed by atoms with van der Waals surface area (Å²) in [7, 11) is 0. The average Bonchev–Trinajstić information content (AvgIpc) is 4.05. The molecule has 30 nitrogen and oxygen atoms in total. The fraction of sp³-hybridized carbons (Fsp3) is 0.511. The minimum absolute atomic E-state index is 0.00481. The van der Waals surface area contributed by atoms with Crippen LogP contribution >= 0.6 is 0 Å². The van der Waals surface area contributed by atoms with Gasteiger partial charge >= 0.3 is 0 Å². The largest absolute Gasteiger partial charge is 0.394 e. The van der Waals surface area contributed by atoms with E-state index in [4.69, 9.17) is 28.7 Å². The average molecular weight is 1080 g/mol. The van der Waals surface area contributed by atoms with E-state index in [-0.39, 0.29) is 89.3 Å². The summed E-state index contributed by atoms with van der Waals surface area (Å²) in [6.07, 6.45) is 3.95. The van der Waals surface area contributed by atoms with Crippen LogP contribution in [0.1, 0.15) is 76.5 Å². The molecule has 22 N–H and O–H groups in total. The summed E-state index contributed by atoms with van der Waals surface area (Å²) in [5.74, 6) is -9.14. The molecular formula is C47H71N19O11. The maximum atomic E-state index is 14.4. The summed E-state index contributed by atoms with van der Waals surface area (Å²) in [5, 5.41) is 33.9. The lowest BCUT2D eigenvalue weighted by Gasteiger charge is -2.27. The Morgan fingerprint density at radius 1 is 0.779 bits per heavy atom. The summed E-state index contributed by atoms with van der Waals surface area (Å²) < 4.78 is 0. The van der Waals surface area contributed by atoms with Gasteiger partial charge in [0.2, 0.25) is 59.1 Å². The van der Waals surface area contributed by atoms with Gasteiger partial charge in [-0.15, -0.1) is 0 Å². The summed E-state index contributed by atoms with van der Waals surface area (Å²) in [5.41, 5.74) is 28.9.